The summed E-state index contributed by atoms with van der Waals surface area (Å²) in [5.41, 5.74) is 2.49. The highest BCUT2D eigenvalue weighted by atomic mass is 79.9. The Kier molecular flexibility index (Phi) is 3.50. The first-order valence-electron chi connectivity index (χ1n) is 6.82. The van der Waals surface area contributed by atoms with Crippen molar-refractivity contribution in [2.24, 2.45) is 0 Å². The second-order valence-electron chi connectivity index (χ2n) is 5.35. The van der Waals surface area contributed by atoms with E-state index in [-0.39, 0.29) is 5.78 Å². The van der Waals surface area contributed by atoms with Crippen molar-refractivity contribution in [3.8, 4) is 0 Å². The van der Waals surface area contributed by atoms with Crippen molar-refractivity contribution in [2.75, 3.05) is 0 Å². The van der Waals surface area contributed by atoms with Crippen LogP contribution in [-0.4, -0.2) is 11.8 Å². The fraction of sp³-hybridized carbons (Fsp3) is 0.375. The van der Waals surface area contributed by atoms with Crippen LogP contribution in [0, 0.1) is 6.92 Å². The van der Waals surface area contributed by atoms with Gasteiger partial charge in [0.1, 0.15) is 11.7 Å². The molecule has 0 N–H and O–H groups in total. The van der Waals surface area contributed by atoms with Gasteiger partial charge in [-0.15, -0.1) is 0 Å². The van der Waals surface area contributed by atoms with Crippen molar-refractivity contribution in [3.63, 3.8) is 0 Å². The van der Waals surface area contributed by atoms with Crippen molar-refractivity contribution in [1.29, 1.82) is 0 Å². The molecule has 1 heterocycles. The maximum Gasteiger partial charge on any atom is 0.326 e. The molecular formula is C16H15BrO3. The number of ether oxygens (including phenoxy) is 1. The number of esters is 1. The van der Waals surface area contributed by atoms with Crippen molar-refractivity contribution >= 4 is 27.7 Å². The van der Waals surface area contributed by atoms with Gasteiger partial charge >= 0.3 is 5.97 Å². The number of hydrogen-bond donors (Lipinski definition) is 0. The zero-order valence-corrected chi connectivity index (χ0v) is 12.8. The fourth-order valence-corrected chi connectivity index (χ4v) is 3.57. The lowest BCUT2D eigenvalue weighted by atomic mass is 9.83. The minimum Gasteiger partial charge on any atom is -0.430 e. The molecule has 4 heteroatoms. The van der Waals surface area contributed by atoms with Crippen LogP contribution in [0.25, 0.3) is 0 Å². The van der Waals surface area contributed by atoms with Gasteiger partial charge < -0.3 is 4.74 Å². The summed E-state index contributed by atoms with van der Waals surface area (Å²) in [6, 6.07) is 5.66. The van der Waals surface area contributed by atoms with Crippen molar-refractivity contribution < 1.29 is 14.3 Å². The average Bonchev–Trinajstić information content (AvgIpc) is 2.41. The van der Waals surface area contributed by atoms with E-state index in [1.807, 2.05) is 25.1 Å². The van der Waals surface area contributed by atoms with Gasteiger partial charge in [-0.2, -0.15) is 0 Å². The number of carbonyl (C=O) groups excluding carboxylic acids is 2. The molecule has 0 amide bonds. The number of ketones is 1. The van der Waals surface area contributed by atoms with Gasteiger partial charge in [-0.1, -0.05) is 28.1 Å². The van der Waals surface area contributed by atoms with Gasteiger partial charge in [-0.05, 0) is 43.4 Å². The van der Waals surface area contributed by atoms with Crippen LogP contribution in [0.4, 0.5) is 0 Å². The lowest BCUT2D eigenvalue weighted by molar-refractivity contribution is -0.146. The van der Waals surface area contributed by atoms with Crippen LogP contribution in [0.15, 0.2) is 34.0 Å². The Morgan fingerprint density at radius 2 is 1.95 bits per heavy atom. The maximum absolute atomic E-state index is 12.6. The van der Waals surface area contributed by atoms with E-state index >= 15 is 0 Å². The molecule has 20 heavy (non-hydrogen) atoms. The molecule has 1 aromatic carbocycles. The van der Waals surface area contributed by atoms with E-state index in [0.29, 0.717) is 23.3 Å². The van der Waals surface area contributed by atoms with E-state index in [9.17, 15) is 9.59 Å². The Balaban J connectivity index is 2.04. The van der Waals surface area contributed by atoms with Crippen LogP contribution in [-0.2, 0) is 14.3 Å². The second-order valence-corrected chi connectivity index (χ2v) is 6.21. The van der Waals surface area contributed by atoms with E-state index in [0.717, 1.165) is 29.3 Å². The molecule has 1 aliphatic heterocycles. The first kappa shape index (κ1) is 13.6. The zero-order chi connectivity index (χ0) is 14.3. The zero-order valence-electron chi connectivity index (χ0n) is 11.2. The molecule has 2 aliphatic rings. The smallest absolute Gasteiger partial charge is 0.326 e. The van der Waals surface area contributed by atoms with Gasteiger partial charge in [0, 0.05) is 16.5 Å². The first-order valence-corrected chi connectivity index (χ1v) is 7.61. The average molecular weight is 335 g/mol. The van der Waals surface area contributed by atoms with Gasteiger partial charge in [-0.25, -0.2) is 0 Å². The van der Waals surface area contributed by atoms with E-state index in [1.54, 1.807) is 0 Å². The summed E-state index contributed by atoms with van der Waals surface area (Å²) in [7, 11) is 0. The molecule has 3 rings (SSSR count). The van der Waals surface area contributed by atoms with Crippen molar-refractivity contribution in [2.45, 2.75) is 38.5 Å². The van der Waals surface area contributed by atoms with Crippen molar-refractivity contribution in [3.05, 3.63) is 45.1 Å². The Morgan fingerprint density at radius 3 is 2.70 bits per heavy atom. The summed E-state index contributed by atoms with van der Waals surface area (Å²) in [5.74, 6) is -0.742. The monoisotopic (exact) mass is 334 g/mol. The fourth-order valence-electron chi connectivity index (χ4n) is 2.85. The van der Waals surface area contributed by atoms with Crippen LogP contribution >= 0.6 is 15.9 Å². The lowest BCUT2D eigenvalue weighted by Crippen LogP contribution is -2.32. The number of Topliss-reactive ketones (excluding diaryl/α,β-unsaturated/α-hetero) is 1. The molecule has 0 spiro atoms. The Morgan fingerprint density at radius 1 is 1.20 bits per heavy atom. The third-order valence-electron chi connectivity index (χ3n) is 3.90. The van der Waals surface area contributed by atoms with Crippen molar-refractivity contribution in [1.82, 2.24) is 0 Å². The summed E-state index contributed by atoms with van der Waals surface area (Å²) in [4.78, 5) is 24.8. The molecule has 1 unspecified atom stereocenters. The molecule has 0 radical (unpaired) electrons. The standard InChI is InChI=1S/C16H15BrO3/c1-9-6-7-10(12(17)8-9)14-15(18)11-4-2-3-5-13(11)20-16(14)19/h6-8,14H,2-5H2,1H3. The quantitative estimate of drug-likeness (QED) is 0.579. The van der Waals surface area contributed by atoms with Gasteiger partial charge in [0.05, 0.1) is 0 Å². The van der Waals surface area contributed by atoms with Crippen LogP contribution in [0.1, 0.15) is 42.7 Å². The molecule has 104 valence electrons. The number of allylic oxidation sites excluding steroid dienone is 2. The predicted molar refractivity (Wildman–Crippen MR) is 78.2 cm³/mol. The number of hydrogen-bond acceptors (Lipinski definition) is 3. The van der Waals surface area contributed by atoms with Gasteiger partial charge in [0.15, 0.2) is 5.78 Å². The number of halogens is 1. The molecule has 0 bridgehead atoms. The minimum absolute atomic E-state index is 0.0829. The number of aryl methyl sites for hydroxylation is 1. The van der Waals surface area contributed by atoms with Crippen LogP contribution in [0.5, 0.6) is 0 Å². The van der Waals surface area contributed by atoms with E-state index in [2.05, 4.69) is 15.9 Å². The first-order chi connectivity index (χ1) is 9.58. The number of carbonyl (C=O) groups is 2. The largest absolute Gasteiger partial charge is 0.430 e. The highest BCUT2D eigenvalue weighted by Gasteiger charge is 2.40. The summed E-state index contributed by atoms with van der Waals surface area (Å²) >= 11 is 3.45. The van der Waals surface area contributed by atoms with Crippen LogP contribution in [0.3, 0.4) is 0 Å². The molecule has 0 fully saturated rings. The number of benzene rings is 1. The van der Waals surface area contributed by atoms with Gasteiger partial charge in [0.25, 0.3) is 0 Å². The molecule has 1 aliphatic carbocycles. The van der Waals surface area contributed by atoms with E-state index in [1.165, 1.54) is 0 Å². The van der Waals surface area contributed by atoms with Crippen LogP contribution < -0.4 is 0 Å². The van der Waals surface area contributed by atoms with Gasteiger partial charge in [0.2, 0.25) is 0 Å². The molecule has 0 aromatic heterocycles. The highest BCUT2D eigenvalue weighted by Crippen LogP contribution is 2.38. The molecule has 3 nitrogen and oxygen atoms in total. The highest BCUT2D eigenvalue weighted by molar-refractivity contribution is 9.10. The summed E-state index contributed by atoms with van der Waals surface area (Å²) < 4.78 is 6.20. The van der Waals surface area contributed by atoms with E-state index < -0.39 is 11.9 Å². The summed E-state index contributed by atoms with van der Waals surface area (Å²) in [5, 5.41) is 0. The Labute approximate surface area is 126 Å². The third-order valence-corrected chi connectivity index (χ3v) is 4.59. The minimum atomic E-state index is -0.818. The molecule has 1 atom stereocenters. The topological polar surface area (TPSA) is 43.4 Å². The van der Waals surface area contributed by atoms with E-state index in [4.69, 9.17) is 4.74 Å². The Bertz CT molecular complexity index is 631. The SMILES string of the molecule is Cc1ccc(C2C(=O)OC3=C(CCCC3)C2=O)c(Br)c1. The molecule has 0 saturated heterocycles. The maximum atomic E-state index is 12.6. The second kappa shape index (κ2) is 5.17. The summed E-state index contributed by atoms with van der Waals surface area (Å²) in [6.07, 6.45) is 3.40. The Hall–Kier alpha value is -1.42. The van der Waals surface area contributed by atoms with Gasteiger partial charge in [-0.3, -0.25) is 9.59 Å². The lowest BCUT2D eigenvalue weighted by Gasteiger charge is -2.28. The molecule has 0 saturated carbocycles. The molecule has 1 aromatic rings. The normalized spacial score (nSPS) is 22.6. The predicted octanol–water partition coefficient (Wildman–Crippen LogP) is 3.80. The summed E-state index contributed by atoms with van der Waals surface area (Å²) in [6.45, 7) is 1.97. The third kappa shape index (κ3) is 2.22. The van der Waals surface area contributed by atoms with Crippen LogP contribution in [0.2, 0.25) is 0 Å². The number of rotatable bonds is 1. The molecular weight excluding hydrogens is 320 g/mol.